The lowest BCUT2D eigenvalue weighted by atomic mass is 10.0. The van der Waals surface area contributed by atoms with Crippen LogP contribution in [-0.4, -0.2) is 11.2 Å². The lowest BCUT2D eigenvalue weighted by molar-refractivity contribution is 0.866. The van der Waals surface area contributed by atoms with E-state index < -0.39 is 0 Å². The van der Waals surface area contributed by atoms with Crippen LogP contribution in [-0.2, 0) is 0 Å². The average molecular weight is 232 g/mol. The van der Waals surface area contributed by atoms with Crippen molar-refractivity contribution in [2.24, 2.45) is 10.7 Å². The maximum Gasteiger partial charge on any atom is 0.149 e. The van der Waals surface area contributed by atoms with Gasteiger partial charge in [-0.25, -0.2) is 0 Å². The molecule has 2 nitrogen and oxygen atoms in total. The van der Waals surface area contributed by atoms with Crippen molar-refractivity contribution in [2.75, 3.05) is 0 Å². The quantitative estimate of drug-likeness (QED) is 0.851. The average Bonchev–Trinajstić information content (AvgIpc) is 2.29. The van der Waals surface area contributed by atoms with E-state index in [-0.39, 0.29) is 5.50 Å². The molecular weight excluding hydrogens is 216 g/mol. The van der Waals surface area contributed by atoms with Crippen LogP contribution in [0.3, 0.4) is 0 Å². The molecule has 0 saturated carbocycles. The molecule has 84 valence electrons. The van der Waals surface area contributed by atoms with E-state index in [2.05, 4.69) is 43.1 Å². The van der Waals surface area contributed by atoms with Gasteiger partial charge in [-0.05, 0) is 28.5 Å². The Morgan fingerprint density at radius 3 is 2.50 bits per heavy atom. The summed E-state index contributed by atoms with van der Waals surface area (Å²) < 4.78 is 0. The number of rotatable bonds is 2. The van der Waals surface area contributed by atoms with Gasteiger partial charge < -0.3 is 5.73 Å². The maximum absolute atomic E-state index is 5.76. The smallest absolute Gasteiger partial charge is 0.149 e. The zero-order valence-electron chi connectivity index (χ0n) is 9.55. The van der Waals surface area contributed by atoms with E-state index in [9.17, 15) is 0 Å². The van der Waals surface area contributed by atoms with E-state index in [1.165, 1.54) is 17.3 Å². The molecule has 3 heteroatoms. The molecule has 0 fully saturated rings. The van der Waals surface area contributed by atoms with E-state index in [4.69, 9.17) is 5.73 Å². The molecule has 2 rings (SSSR count). The van der Waals surface area contributed by atoms with E-state index in [0.717, 1.165) is 11.3 Å². The van der Waals surface area contributed by atoms with E-state index in [1.807, 2.05) is 11.5 Å². The van der Waals surface area contributed by atoms with Crippen LogP contribution in [0.2, 0.25) is 0 Å². The Kier molecular flexibility index (Phi) is 3.46. The molecule has 0 spiro atoms. The zero-order valence-corrected chi connectivity index (χ0v) is 10.4. The Morgan fingerprint density at radius 1 is 1.25 bits per heavy atom. The minimum Gasteiger partial charge on any atom is -0.301 e. The van der Waals surface area contributed by atoms with Gasteiger partial charge in [0.2, 0.25) is 0 Å². The first-order valence-electron chi connectivity index (χ1n) is 5.42. The Labute approximate surface area is 101 Å². The fourth-order valence-corrected chi connectivity index (χ4v) is 2.15. The topological polar surface area (TPSA) is 38.4 Å². The number of allylic oxidation sites excluding steroid dienone is 1. The molecule has 1 aliphatic rings. The van der Waals surface area contributed by atoms with Crippen LogP contribution >= 0.6 is 11.8 Å². The Balaban J connectivity index is 2.25. The fraction of sp³-hybridized carbons (Fsp3) is 0.308. The van der Waals surface area contributed by atoms with E-state index >= 15 is 0 Å². The second-order valence-electron chi connectivity index (χ2n) is 4.12. The maximum atomic E-state index is 5.76. The van der Waals surface area contributed by atoms with Crippen LogP contribution in [0.25, 0.3) is 0 Å². The summed E-state index contributed by atoms with van der Waals surface area (Å²) in [4.78, 5) is 4.40. The molecule has 1 aromatic carbocycles. The summed E-state index contributed by atoms with van der Waals surface area (Å²) in [7, 11) is 0. The minimum atomic E-state index is -0.162. The third kappa shape index (κ3) is 2.54. The zero-order chi connectivity index (χ0) is 11.5. The minimum absolute atomic E-state index is 0.162. The van der Waals surface area contributed by atoms with Crippen molar-refractivity contribution in [2.45, 2.75) is 25.3 Å². The second kappa shape index (κ2) is 4.85. The SMILES string of the molecule is CC(C)c1ccc(C2=NC(N)SC=C2)cc1. The molecule has 2 N–H and O–H groups in total. The molecule has 1 aliphatic heterocycles. The number of thioether (sulfide) groups is 1. The van der Waals surface area contributed by atoms with Crippen molar-refractivity contribution in [3.05, 3.63) is 46.9 Å². The van der Waals surface area contributed by atoms with Crippen LogP contribution in [0, 0.1) is 0 Å². The number of benzene rings is 1. The Hall–Kier alpha value is -1.06. The molecule has 0 radical (unpaired) electrons. The Morgan fingerprint density at radius 2 is 1.94 bits per heavy atom. The van der Waals surface area contributed by atoms with E-state index in [1.54, 1.807) is 0 Å². The summed E-state index contributed by atoms with van der Waals surface area (Å²) in [6.45, 7) is 4.39. The summed E-state index contributed by atoms with van der Waals surface area (Å²) in [5.74, 6) is 0.565. The summed E-state index contributed by atoms with van der Waals surface area (Å²) >= 11 is 1.53. The molecule has 0 aromatic heterocycles. The van der Waals surface area contributed by atoms with Crippen molar-refractivity contribution < 1.29 is 0 Å². The highest BCUT2D eigenvalue weighted by molar-refractivity contribution is 8.02. The van der Waals surface area contributed by atoms with Gasteiger partial charge in [-0.1, -0.05) is 49.9 Å². The van der Waals surface area contributed by atoms with Gasteiger partial charge in [-0.15, -0.1) is 0 Å². The van der Waals surface area contributed by atoms with Gasteiger partial charge in [0, 0.05) is 0 Å². The third-order valence-corrected chi connectivity index (χ3v) is 3.26. The fourth-order valence-electron chi connectivity index (χ4n) is 1.60. The first-order chi connectivity index (χ1) is 7.66. The van der Waals surface area contributed by atoms with Gasteiger partial charge >= 0.3 is 0 Å². The molecule has 0 saturated heterocycles. The number of nitrogens with zero attached hydrogens (tertiary/aromatic N) is 1. The first-order valence-corrected chi connectivity index (χ1v) is 6.37. The van der Waals surface area contributed by atoms with Gasteiger partial charge in [0.1, 0.15) is 5.50 Å². The van der Waals surface area contributed by atoms with Crippen molar-refractivity contribution in [1.29, 1.82) is 0 Å². The van der Waals surface area contributed by atoms with Crippen molar-refractivity contribution in [3.63, 3.8) is 0 Å². The number of hydrogen-bond acceptors (Lipinski definition) is 3. The molecule has 0 bridgehead atoms. The molecule has 16 heavy (non-hydrogen) atoms. The van der Waals surface area contributed by atoms with Crippen molar-refractivity contribution in [1.82, 2.24) is 0 Å². The summed E-state index contributed by atoms with van der Waals surface area (Å²) in [6.07, 6.45) is 2.01. The predicted molar refractivity (Wildman–Crippen MR) is 71.8 cm³/mol. The molecule has 1 heterocycles. The van der Waals surface area contributed by atoms with Gasteiger partial charge in [-0.2, -0.15) is 0 Å². The van der Waals surface area contributed by atoms with Crippen molar-refractivity contribution in [3.8, 4) is 0 Å². The van der Waals surface area contributed by atoms with Crippen LogP contribution in [0.5, 0.6) is 0 Å². The normalized spacial score (nSPS) is 20.0. The first kappa shape index (κ1) is 11.4. The van der Waals surface area contributed by atoms with Gasteiger partial charge in [0.05, 0.1) is 5.71 Å². The predicted octanol–water partition coefficient (Wildman–Crippen LogP) is 3.10. The van der Waals surface area contributed by atoms with Gasteiger partial charge in [-0.3, -0.25) is 4.99 Å². The van der Waals surface area contributed by atoms with Crippen LogP contribution in [0.15, 0.2) is 40.7 Å². The Bertz CT molecular complexity index is 418. The summed E-state index contributed by atoms with van der Waals surface area (Å²) in [5.41, 5.74) is 9.06. The van der Waals surface area contributed by atoms with Crippen LogP contribution < -0.4 is 5.73 Å². The molecular formula is C13H16N2S. The van der Waals surface area contributed by atoms with Gasteiger partial charge in [0.25, 0.3) is 0 Å². The molecule has 1 unspecified atom stereocenters. The molecule has 1 aromatic rings. The van der Waals surface area contributed by atoms with E-state index in [0.29, 0.717) is 5.92 Å². The van der Waals surface area contributed by atoms with Crippen molar-refractivity contribution >= 4 is 17.5 Å². The molecule has 0 amide bonds. The van der Waals surface area contributed by atoms with Crippen LogP contribution in [0.1, 0.15) is 30.9 Å². The number of hydrogen-bond donors (Lipinski definition) is 1. The van der Waals surface area contributed by atoms with Gasteiger partial charge in [0.15, 0.2) is 0 Å². The largest absolute Gasteiger partial charge is 0.301 e. The van der Waals surface area contributed by atoms with Crippen LogP contribution in [0.4, 0.5) is 0 Å². The second-order valence-corrected chi connectivity index (χ2v) is 5.15. The summed E-state index contributed by atoms with van der Waals surface area (Å²) in [6, 6.07) is 8.54. The lowest BCUT2D eigenvalue weighted by Crippen LogP contribution is -2.16. The standard InChI is InChI=1S/C13H16N2S/c1-9(2)10-3-5-11(6-4-10)12-7-8-16-13(14)15-12/h3-9,13H,14H2,1-2H3. The molecule has 1 atom stereocenters. The number of aliphatic imine (C=N–C) groups is 1. The molecule has 0 aliphatic carbocycles. The summed E-state index contributed by atoms with van der Waals surface area (Å²) in [5, 5.41) is 2.00. The lowest BCUT2D eigenvalue weighted by Gasteiger charge is -2.12. The monoisotopic (exact) mass is 232 g/mol. The highest BCUT2D eigenvalue weighted by Crippen LogP contribution is 2.19. The third-order valence-electron chi connectivity index (χ3n) is 2.58. The number of nitrogens with two attached hydrogens (primary N) is 1. The highest BCUT2D eigenvalue weighted by Gasteiger charge is 2.08. The highest BCUT2D eigenvalue weighted by atomic mass is 32.2.